The third-order valence-corrected chi connectivity index (χ3v) is 2.56. The van der Waals surface area contributed by atoms with Gasteiger partial charge in [-0.05, 0) is 12.1 Å². The van der Waals surface area contributed by atoms with Gasteiger partial charge in [-0.25, -0.2) is 0 Å². The van der Waals surface area contributed by atoms with Gasteiger partial charge in [0.05, 0.1) is 4.92 Å². The lowest BCUT2D eigenvalue weighted by Gasteiger charge is -2.18. The van der Waals surface area contributed by atoms with Crippen molar-refractivity contribution in [3.63, 3.8) is 0 Å². The molecule has 0 heterocycles. The lowest BCUT2D eigenvalue weighted by Crippen LogP contribution is -2.39. The number of nitro groups is 1. The molecule has 0 saturated heterocycles. The number of amides is 1. The first-order chi connectivity index (χ1) is 9.72. The summed E-state index contributed by atoms with van der Waals surface area (Å²) in [4.78, 5) is 43.9. The topological polar surface area (TPSA) is 138 Å². The van der Waals surface area contributed by atoms with Crippen molar-refractivity contribution in [3.05, 3.63) is 38.9 Å². The number of nitrogens with zero attached hydrogens (tertiary/aromatic N) is 2. The zero-order chi connectivity index (χ0) is 16.2. The fourth-order valence-electron chi connectivity index (χ4n) is 1.53. The number of nitro benzene ring substituents is 1. The van der Waals surface area contributed by atoms with Gasteiger partial charge in [0.15, 0.2) is 0 Å². The summed E-state index contributed by atoms with van der Waals surface area (Å²) >= 11 is 5.60. The Labute approximate surface area is 122 Å². The van der Waals surface area contributed by atoms with Gasteiger partial charge in [0.25, 0.3) is 11.6 Å². The molecule has 0 aromatic heterocycles. The molecule has 2 N–H and O–H groups in total. The molecule has 0 atom stereocenters. The Kier molecular flexibility index (Phi) is 5.19. The molecule has 0 aliphatic carbocycles. The van der Waals surface area contributed by atoms with Crippen LogP contribution in [0.1, 0.15) is 10.4 Å². The summed E-state index contributed by atoms with van der Waals surface area (Å²) in [7, 11) is 0. The van der Waals surface area contributed by atoms with Gasteiger partial charge in [-0.1, -0.05) is 11.6 Å². The van der Waals surface area contributed by atoms with Crippen LogP contribution in [0.4, 0.5) is 5.69 Å². The highest BCUT2D eigenvalue weighted by Crippen LogP contribution is 2.24. The highest BCUT2D eigenvalue weighted by molar-refractivity contribution is 6.31. The van der Waals surface area contributed by atoms with E-state index in [1.54, 1.807) is 0 Å². The molecule has 1 amide bonds. The van der Waals surface area contributed by atoms with Gasteiger partial charge in [0.1, 0.15) is 18.7 Å². The minimum absolute atomic E-state index is 0.0151. The Morgan fingerprint density at radius 3 is 2.14 bits per heavy atom. The average Bonchev–Trinajstić information content (AvgIpc) is 2.35. The Morgan fingerprint density at radius 2 is 1.71 bits per heavy atom. The number of benzene rings is 1. The maximum absolute atomic E-state index is 12.1. The number of hydrogen-bond donors (Lipinski definition) is 2. The second-order valence-electron chi connectivity index (χ2n) is 3.87. The van der Waals surface area contributed by atoms with E-state index >= 15 is 0 Å². The zero-order valence-electron chi connectivity index (χ0n) is 10.4. The van der Waals surface area contributed by atoms with Gasteiger partial charge in [-0.15, -0.1) is 0 Å². The summed E-state index contributed by atoms with van der Waals surface area (Å²) < 4.78 is 0. The van der Waals surface area contributed by atoms with Crippen molar-refractivity contribution in [1.82, 2.24) is 4.90 Å². The van der Waals surface area contributed by atoms with Crippen LogP contribution in [0, 0.1) is 10.1 Å². The summed E-state index contributed by atoms with van der Waals surface area (Å²) in [6, 6.07) is 3.18. The fraction of sp³-hybridized carbons (Fsp3) is 0.182. The van der Waals surface area contributed by atoms with E-state index in [9.17, 15) is 24.5 Å². The summed E-state index contributed by atoms with van der Waals surface area (Å²) in [6.07, 6.45) is 0. The molecular weight excluding hydrogens is 308 g/mol. The van der Waals surface area contributed by atoms with Gasteiger partial charge >= 0.3 is 11.9 Å². The van der Waals surface area contributed by atoms with Crippen molar-refractivity contribution in [2.45, 2.75) is 0 Å². The molecule has 0 saturated carbocycles. The normalized spacial score (nSPS) is 9.95. The largest absolute Gasteiger partial charge is 0.480 e. The van der Waals surface area contributed by atoms with Gasteiger partial charge < -0.3 is 15.1 Å². The van der Waals surface area contributed by atoms with E-state index in [1.165, 1.54) is 6.07 Å². The zero-order valence-corrected chi connectivity index (χ0v) is 11.1. The first-order valence-electron chi connectivity index (χ1n) is 5.39. The lowest BCUT2D eigenvalue weighted by atomic mass is 10.1. The second-order valence-corrected chi connectivity index (χ2v) is 4.30. The highest BCUT2D eigenvalue weighted by Gasteiger charge is 2.27. The van der Waals surface area contributed by atoms with Crippen molar-refractivity contribution in [3.8, 4) is 0 Å². The Hall–Kier alpha value is -2.68. The molecule has 1 aromatic carbocycles. The molecule has 0 unspecified atom stereocenters. The Bertz CT molecular complexity index is 601. The molecule has 112 valence electrons. The molecule has 0 radical (unpaired) electrons. The van der Waals surface area contributed by atoms with Crippen LogP contribution in [-0.4, -0.2) is 51.0 Å². The van der Waals surface area contributed by atoms with Crippen molar-refractivity contribution < 1.29 is 29.5 Å². The number of carboxylic acid groups (broad SMARTS) is 2. The molecule has 0 spiro atoms. The van der Waals surface area contributed by atoms with Crippen LogP contribution in [0.15, 0.2) is 18.2 Å². The number of carboxylic acids is 2. The van der Waals surface area contributed by atoms with Gasteiger partial charge in [0.2, 0.25) is 0 Å². The van der Waals surface area contributed by atoms with Gasteiger partial charge in [-0.2, -0.15) is 0 Å². The maximum Gasteiger partial charge on any atom is 0.323 e. The molecule has 0 fully saturated rings. The molecule has 1 rings (SSSR count). The third kappa shape index (κ3) is 4.42. The number of carbonyl (C=O) groups excluding carboxylic acids is 1. The van der Waals surface area contributed by atoms with E-state index in [0.717, 1.165) is 12.1 Å². The third-order valence-electron chi connectivity index (χ3n) is 2.33. The fourth-order valence-corrected chi connectivity index (χ4v) is 1.70. The van der Waals surface area contributed by atoms with Crippen LogP contribution >= 0.6 is 11.6 Å². The Balaban J connectivity index is 3.22. The first kappa shape index (κ1) is 16.4. The van der Waals surface area contributed by atoms with Crippen molar-refractivity contribution in [1.29, 1.82) is 0 Å². The Morgan fingerprint density at radius 1 is 1.19 bits per heavy atom. The smallest absolute Gasteiger partial charge is 0.323 e. The summed E-state index contributed by atoms with van der Waals surface area (Å²) in [5.41, 5.74) is -1.07. The lowest BCUT2D eigenvalue weighted by molar-refractivity contribution is -0.385. The molecule has 21 heavy (non-hydrogen) atoms. The standard InChI is InChI=1S/C11H9ClN2O7/c12-6-1-2-7(8(3-6)14(20)21)11(19)13(4-9(15)16)5-10(17)18/h1-3H,4-5H2,(H,15,16)(H,17,18). The minimum atomic E-state index is -1.44. The van der Waals surface area contributed by atoms with Crippen LogP contribution in [0.5, 0.6) is 0 Å². The predicted molar refractivity (Wildman–Crippen MR) is 69.3 cm³/mol. The average molecular weight is 317 g/mol. The van der Waals surface area contributed by atoms with Crippen molar-refractivity contribution >= 4 is 35.1 Å². The predicted octanol–water partition coefficient (Wildman–Crippen LogP) is 0.860. The van der Waals surface area contributed by atoms with Gasteiger partial charge in [0, 0.05) is 11.1 Å². The van der Waals surface area contributed by atoms with E-state index in [0.29, 0.717) is 4.90 Å². The number of hydrogen-bond acceptors (Lipinski definition) is 5. The van der Waals surface area contributed by atoms with Crippen LogP contribution in [0.3, 0.4) is 0 Å². The number of carbonyl (C=O) groups is 3. The van der Waals surface area contributed by atoms with E-state index in [4.69, 9.17) is 21.8 Å². The van der Waals surface area contributed by atoms with Crippen LogP contribution < -0.4 is 0 Å². The molecule has 0 aliphatic heterocycles. The summed E-state index contributed by atoms with van der Waals surface area (Å²) in [5.74, 6) is -3.97. The summed E-state index contributed by atoms with van der Waals surface area (Å²) in [6.45, 7) is -1.80. The minimum Gasteiger partial charge on any atom is -0.480 e. The quantitative estimate of drug-likeness (QED) is 0.586. The van der Waals surface area contributed by atoms with Crippen molar-refractivity contribution in [2.75, 3.05) is 13.1 Å². The van der Waals surface area contributed by atoms with E-state index in [1.807, 2.05) is 0 Å². The van der Waals surface area contributed by atoms with Gasteiger partial charge in [-0.3, -0.25) is 24.5 Å². The van der Waals surface area contributed by atoms with E-state index < -0.39 is 47.1 Å². The van der Waals surface area contributed by atoms with Crippen LogP contribution in [0.25, 0.3) is 0 Å². The molecule has 1 aromatic rings. The molecular formula is C11H9ClN2O7. The SMILES string of the molecule is O=C(O)CN(CC(=O)O)C(=O)c1ccc(Cl)cc1[N+](=O)[O-]. The number of rotatable bonds is 6. The first-order valence-corrected chi connectivity index (χ1v) is 5.77. The maximum atomic E-state index is 12.1. The second kappa shape index (κ2) is 6.66. The van der Waals surface area contributed by atoms with Crippen LogP contribution in [-0.2, 0) is 9.59 Å². The van der Waals surface area contributed by atoms with Crippen molar-refractivity contribution in [2.24, 2.45) is 0 Å². The summed E-state index contributed by atoms with van der Waals surface area (Å²) in [5, 5.41) is 28.3. The highest BCUT2D eigenvalue weighted by atomic mass is 35.5. The van der Waals surface area contributed by atoms with E-state index in [-0.39, 0.29) is 5.02 Å². The molecule has 0 bridgehead atoms. The monoisotopic (exact) mass is 316 g/mol. The number of aliphatic carboxylic acids is 2. The molecule has 0 aliphatic rings. The molecule has 10 heteroatoms. The molecule has 9 nitrogen and oxygen atoms in total. The van der Waals surface area contributed by atoms with E-state index in [2.05, 4.69) is 0 Å². The van der Waals surface area contributed by atoms with Crippen LogP contribution in [0.2, 0.25) is 5.02 Å². The number of halogens is 1.